The van der Waals surface area contributed by atoms with Gasteiger partial charge in [-0.1, -0.05) is 79.5 Å². The maximum absolute atomic E-state index is 14.7. The van der Waals surface area contributed by atoms with Crippen LogP contribution in [0.25, 0.3) is 0 Å². The molecule has 15 heteroatoms. The Balaban J connectivity index is 1.04. The van der Waals surface area contributed by atoms with Gasteiger partial charge in [0.25, 0.3) is 0 Å². The van der Waals surface area contributed by atoms with Crippen LogP contribution in [0.3, 0.4) is 0 Å². The molecule has 1 aliphatic heterocycles. The third-order valence-electron chi connectivity index (χ3n) is 15.3. The van der Waals surface area contributed by atoms with Gasteiger partial charge in [-0.25, -0.2) is 0 Å². The number of halogens is 1. The highest BCUT2D eigenvalue weighted by Crippen LogP contribution is 2.72. The Morgan fingerprint density at radius 1 is 1.00 bits per heavy atom. The number of alkyl halides is 1. The van der Waals surface area contributed by atoms with E-state index in [0.717, 1.165) is 41.6 Å². The number of anilines is 2. The van der Waals surface area contributed by atoms with E-state index in [4.69, 9.17) is 9.47 Å². The van der Waals surface area contributed by atoms with E-state index in [0.29, 0.717) is 31.6 Å². The minimum atomic E-state index is -1.07. The second kappa shape index (κ2) is 20.0. The van der Waals surface area contributed by atoms with E-state index in [2.05, 4.69) is 74.9 Å². The zero-order valence-corrected chi connectivity index (χ0v) is 40.1. The van der Waals surface area contributed by atoms with Crippen LogP contribution < -0.4 is 20.9 Å². The summed E-state index contributed by atoms with van der Waals surface area (Å²) in [7, 11) is 0. The van der Waals surface area contributed by atoms with Crippen LogP contribution in [0, 0.1) is 45.8 Å². The van der Waals surface area contributed by atoms with Crippen molar-refractivity contribution in [3.8, 4) is 0 Å². The molecule has 4 fully saturated rings. The van der Waals surface area contributed by atoms with Gasteiger partial charge >= 0.3 is 11.9 Å². The lowest BCUT2D eigenvalue weighted by molar-refractivity contribution is -0.163. The number of hydrogen-bond acceptors (Lipinski definition) is 11. The van der Waals surface area contributed by atoms with E-state index in [1.807, 2.05) is 38.1 Å². The van der Waals surface area contributed by atoms with Gasteiger partial charge in [-0.05, 0) is 115 Å². The lowest BCUT2D eigenvalue weighted by Gasteiger charge is -2.60. The molecule has 2 aromatic carbocycles. The minimum absolute atomic E-state index is 0.00509. The summed E-state index contributed by atoms with van der Waals surface area (Å²) in [4.78, 5) is 91.7. The molecule has 1 heterocycles. The van der Waals surface area contributed by atoms with Crippen molar-refractivity contribution in [3.05, 3.63) is 83.5 Å². The smallest absolute Gasteiger partial charge is 0.305 e. The molecule has 3 amide bonds. The topological polar surface area (TPSA) is 198 Å². The number of carbonyl (C=O) groups excluding carboxylic acids is 7. The molecule has 7 rings (SSSR count). The number of rotatable bonds is 17. The molecule has 1 saturated heterocycles. The molecule has 4 aliphatic carbocycles. The number of carbonyl (C=O) groups is 7. The average Bonchev–Trinajstić information content (AvgIpc) is 3.78. The number of fused-ring (bicyclic) bond motifs is 7. The molecule has 14 nitrogen and oxygen atoms in total. The Labute approximate surface area is 395 Å². The van der Waals surface area contributed by atoms with Crippen LogP contribution in [0.5, 0.6) is 0 Å². The first-order chi connectivity index (χ1) is 31.4. The van der Waals surface area contributed by atoms with Gasteiger partial charge in [0, 0.05) is 49.1 Å². The lowest BCUT2D eigenvalue weighted by atomic mass is 9.44. The zero-order valence-electron chi connectivity index (χ0n) is 38.5. The molecule has 4 N–H and O–H groups in total. The Kier molecular flexibility index (Phi) is 14.8. The van der Waals surface area contributed by atoms with Gasteiger partial charge in [0.2, 0.25) is 17.7 Å². The Morgan fingerprint density at radius 3 is 2.47 bits per heavy atom. The van der Waals surface area contributed by atoms with Crippen LogP contribution in [-0.4, -0.2) is 96.7 Å². The lowest BCUT2D eigenvalue weighted by Crippen LogP contribution is -2.60. The summed E-state index contributed by atoms with van der Waals surface area (Å²) in [6.07, 6.45) is 8.05. The number of nitrogens with zero attached hydrogens (tertiary/aromatic N) is 1. The third-order valence-corrected chi connectivity index (χ3v) is 15.8. The molecule has 354 valence electrons. The number of allylic oxidation sites excluding steroid dienone is 4. The fourth-order valence-electron chi connectivity index (χ4n) is 12.3. The summed E-state index contributed by atoms with van der Waals surface area (Å²) in [5, 5.41) is 20.2. The number of esters is 2. The summed E-state index contributed by atoms with van der Waals surface area (Å²) in [6, 6.07) is 14.5. The Bertz CT molecular complexity index is 2300. The third kappa shape index (κ3) is 9.93. The van der Waals surface area contributed by atoms with Gasteiger partial charge in [-0.15, -0.1) is 0 Å². The molecular weight excluding hydrogens is 908 g/mol. The largest absolute Gasteiger partial charge is 0.465 e. The predicted molar refractivity (Wildman–Crippen MR) is 251 cm³/mol. The fourth-order valence-corrected chi connectivity index (χ4v) is 12.5. The molecule has 3 saturated carbocycles. The van der Waals surface area contributed by atoms with Crippen molar-refractivity contribution in [3.63, 3.8) is 0 Å². The number of ketones is 2. The monoisotopic (exact) mass is 970 g/mol. The van der Waals surface area contributed by atoms with Crippen LogP contribution >= 0.6 is 15.9 Å². The van der Waals surface area contributed by atoms with Gasteiger partial charge < -0.3 is 35.4 Å². The number of aliphatic hydroxyl groups excluding tert-OH is 1. The van der Waals surface area contributed by atoms with Crippen LogP contribution in [0.15, 0.2) is 72.3 Å². The number of ether oxygens (including phenoxy) is 2. The van der Waals surface area contributed by atoms with Gasteiger partial charge in [0.05, 0.1) is 30.0 Å². The highest BCUT2D eigenvalue weighted by Gasteiger charge is 2.73. The van der Waals surface area contributed by atoms with E-state index in [1.165, 1.54) is 6.92 Å². The van der Waals surface area contributed by atoms with E-state index >= 15 is 0 Å². The summed E-state index contributed by atoms with van der Waals surface area (Å²) < 4.78 is 10.7. The molecule has 0 spiro atoms. The van der Waals surface area contributed by atoms with Crippen molar-refractivity contribution in [2.24, 2.45) is 45.8 Å². The quantitative estimate of drug-likeness (QED) is 0.113. The first kappa shape index (κ1) is 48.8. The maximum atomic E-state index is 14.7. The van der Waals surface area contributed by atoms with E-state index in [-0.39, 0.29) is 85.0 Å². The Hall–Kier alpha value is -5.15. The number of Topliss-reactive ketones (excluding diaryl/α,β-unsaturated/α-hetero) is 1. The van der Waals surface area contributed by atoms with Crippen molar-refractivity contribution >= 4 is 68.5 Å². The second-order valence-corrected chi connectivity index (χ2v) is 20.4. The molecule has 2 aromatic rings. The highest BCUT2D eigenvalue weighted by molar-refractivity contribution is 9.09. The minimum Gasteiger partial charge on any atom is -0.465 e. The van der Waals surface area contributed by atoms with Gasteiger partial charge in [-0.2, -0.15) is 0 Å². The standard InChI is InChI=1S/C51H63BrN4O10/c1-30(2)27-66-46(63)16-15-41(55-45(62)25-53-44(61)24-52)48(64)54-36-8-6-7-33(20-36)19-32-9-12-37(13-10-32)56-26-35-22-40-39-14-11-34-21-38(58)17-18-49(34,4)47(39)42(59)23-50(40,5)51(35,29-56)43(60)28-65-31(3)57/h6-10,12-13,17-18,20-21,30,35,39-42,47,59H,11,14-16,19,22-29H2,1-5H3,(H,53,61)(H,54,64)(H,55,62)/t35-,39-,40-,41-,42-,47+,49-,50-,51+/m0/s1. The normalized spacial score (nSPS) is 28.8. The molecule has 0 unspecified atom stereocenters. The van der Waals surface area contributed by atoms with E-state index in [1.54, 1.807) is 18.2 Å². The van der Waals surface area contributed by atoms with Crippen LogP contribution in [0.2, 0.25) is 0 Å². The number of hydrogen-bond donors (Lipinski definition) is 4. The summed E-state index contributed by atoms with van der Waals surface area (Å²) in [5.41, 5.74) is 2.68. The molecule has 66 heavy (non-hydrogen) atoms. The first-order valence-electron chi connectivity index (χ1n) is 23.2. The van der Waals surface area contributed by atoms with Crippen molar-refractivity contribution in [1.29, 1.82) is 0 Å². The van der Waals surface area contributed by atoms with Gasteiger partial charge in [0.1, 0.15) is 6.04 Å². The SMILES string of the molecule is CC(=O)OCC(=O)[C@@]12CN(c3ccc(Cc4cccc(NC(=O)[C@H](CCC(=O)OCC(C)C)NC(=O)CNC(=O)CBr)c4)cc3)C[C@@H]1C[C@H]1[C@@H]3CCC4=CC(=O)C=C[C@]4(C)[C@H]3[C@@H](O)C[C@@]12C. The number of aliphatic hydroxyl groups is 1. The fraction of sp³-hybridized carbons (Fsp3) is 0.549. The van der Waals surface area contributed by atoms with Crippen molar-refractivity contribution < 1.29 is 48.1 Å². The molecule has 0 radical (unpaired) electrons. The molecule has 5 aliphatic rings. The summed E-state index contributed by atoms with van der Waals surface area (Å²) in [6.45, 7) is 10.2. The summed E-state index contributed by atoms with van der Waals surface area (Å²) in [5.74, 6) is -2.17. The van der Waals surface area contributed by atoms with Crippen LogP contribution in [0.4, 0.5) is 11.4 Å². The molecule has 0 aromatic heterocycles. The Morgan fingerprint density at radius 2 is 1.76 bits per heavy atom. The van der Waals surface area contributed by atoms with Gasteiger partial charge in [0.15, 0.2) is 18.2 Å². The van der Waals surface area contributed by atoms with Gasteiger partial charge in [-0.3, -0.25) is 33.6 Å². The molecule has 0 bridgehead atoms. The highest BCUT2D eigenvalue weighted by atomic mass is 79.9. The summed E-state index contributed by atoms with van der Waals surface area (Å²) >= 11 is 3.04. The number of nitrogens with one attached hydrogen (secondary N) is 3. The molecule has 9 atom stereocenters. The second-order valence-electron chi connectivity index (χ2n) is 19.9. The average molecular weight is 972 g/mol. The van der Waals surface area contributed by atoms with E-state index < -0.39 is 52.1 Å². The maximum Gasteiger partial charge on any atom is 0.305 e. The van der Waals surface area contributed by atoms with Crippen LogP contribution in [0.1, 0.15) is 84.3 Å². The van der Waals surface area contributed by atoms with Crippen LogP contribution in [-0.2, 0) is 49.5 Å². The zero-order chi connectivity index (χ0) is 47.6. The van der Waals surface area contributed by atoms with Crippen molar-refractivity contribution in [2.75, 3.05) is 48.4 Å². The molecular formula is C51H63BrN4O10. The predicted octanol–water partition coefficient (Wildman–Crippen LogP) is 5.63. The van der Waals surface area contributed by atoms with Crippen molar-refractivity contribution in [2.45, 2.75) is 91.7 Å². The van der Waals surface area contributed by atoms with Crippen molar-refractivity contribution in [1.82, 2.24) is 10.6 Å². The number of amides is 3. The number of benzene rings is 2. The van der Waals surface area contributed by atoms with E-state index in [9.17, 15) is 38.7 Å². The first-order valence-corrected chi connectivity index (χ1v) is 24.3.